The number of hydrogen-bond donors (Lipinski definition) is 1. The molecule has 0 aliphatic heterocycles. The SMILES string of the molecule is Cc1ccc(NC(=O)C(C)n2nc(C)c3nn(-c4ccccc4)c(-n4cccc4)c3c2=O)cc1. The van der Waals surface area contributed by atoms with Crippen LogP contribution in [-0.2, 0) is 4.79 Å². The molecule has 3 heterocycles. The minimum atomic E-state index is -0.825. The Morgan fingerprint density at radius 3 is 2.26 bits per heavy atom. The second-order valence-electron chi connectivity index (χ2n) is 8.25. The molecule has 8 heteroatoms. The van der Waals surface area contributed by atoms with Gasteiger partial charge in [-0.3, -0.25) is 9.59 Å². The second kappa shape index (κ2) is 8.47. The largest absolute Gasteiger partial charge is 0.324 e. The lowest BCUT2D eigenvalue weighted by atomic mass is 10.2. The molecule has 34 heavy (non-hydrogen) atoms. The van der Waals surface area contributed by atoms with Crippen molar-refractivity contribution in [2.75, 3.05) is 5.32 Å². The third kappa shape index (κ3) is 3.69. The summed E-state index contributed by atoms with van der Waals surface area (Å²) >= 11 is 0. The van der Waals surface area contributed by atoms with Crippen LogP contribution in [0.4, 0.5) is 5.69 Å². The van der Waals surface area contributed by atoms with E-state index < -0.39 is 6.04 Å². The molecule has 1 atom stereocenters. The topological polar surface area (TPSA) is 86.7 Å². The number of amides is 1. The molecule has 0 saturated carbocycles. The van der Waals surface area contributed by atoms with Crippen LogP contribution in [0.3, 0.4) is 0 Å². The Hall–Kier alpha value is -4.46. The van der Waals surface area contributed by atoms with Gasteiger partial charge in [-0.15, -0.1) is 0 Å². The average molecular weight is 453 g/mol. The molecule has 0 fully saturated rings. The number of rotatable bonds is 5. The first-order valence-corrected chi connectivity index (χ1v) is 11.0. The van der Waals surface area contributed by atoms with Crippen LogP contribution >= 0.6 is 0 Å². The number of aromatic nitrogens is 5. The van der Waals surface area contributed by atoms with Gasteiger partial charge in [-0.2, -0.15) is 10.2 Å². The van der Waals surface area contributed by atoms with Crippen LogP contribution in [-0.4, -0.2) is 30.0 Å². The Balaban J connectivity index is 1.66. The molecular formula is C26H24N6O2. The Kier molecular flexibility index (Phi) is 5.33. The van der Waals surface area contributed by atoms with Gasteiger partial charge in [0.05, 0.1) is 11.4 Å². The number of aryl methyl sites for hydroxylation is 2. The summed E-state index contributed by atoms with van der Waals surface area (Å²) in [4.78, 5) is 26.7. The van der Waals surface area contributed by atoms with Crippen molar-refractivity contribution in [1.82, 2.24) is 24.1 Å². The summed E-state index contributed by atoms with van der Waals surface area (Å²) in [6.45, 7) is 5.44. The summed E-state index contributed by atoms with van der Waals surface area (Å²) in [5.41, 5.74) is 3.26. The van der Waals surface area contributed by atoms with Crippen molar-refractivity contribution in [2.45, 2.75) is 26.8 Å². The minimum Gasteiger partial charge on any atom is -0.324 e. The number of benzene rings is 2. The molecule has 1 unspecified atom stereocenters. The molecule has 0 aliphatic carbocycles. The van der Waals surface area contributed by atoms with Gasteiger partial charge in [-0.1, -0.05) is 35.9 Å². The number of carbonyl (C=O) groups excluding carboxylic acids is 1. The smallest absolute Gasteiger partial charge is 0.280 e. The van der Waals surface area contributed by atoms with Gasteiger partial charge < -0.3 is 9.88 Å². The second-order valence-corrected chi connectivity index (χ2v) is 8.25. The fraction of sp³-hybridized carbons (Fsp3) is 0.154. The molecule has 170 valence electrons. The van der Waals surface area contributed by atoms with Gasteiger partial charge in [0.1, 0.15) is 16.9 Å². The summed E-state index contributed by atoms with van der Waals surface area (Å²) in [6.07, 6.45) is 3.73. The van der Waals surface area contributed by atoms with Gasteiger partial charge in [-0.25, -0.2) is 9.36 Å². The van der Waals surface area contributed by atoms with Gasteiger partial charge in [0.25, 0.3) is 5.56 Å². The normalized spacial score (nSPS) is 12.1. The molecule has 1 N–H and O–H groups in total. The number of fused-ring (bicyclic) bond motifs is 1. The summed E-state index contributed by atoms with van der Waals surface area (Å²) in [6, 6.07) is 20.1. The first-order chi connectivity index (χ1) is 16.4. The van der Waals surface area contributed by atoms with E-state index in [4.69, 9.17) is 5.10 Å². The molecule has 1 amide bonds. The van der Waals surface area contributed by atoms with E-state index >= 15 is 0 Å². The van der Waals surface area contributed by atoms with Gasteiger partial charge in [0.15, 0.2) is 5.82 Å². The lowest BCUT2D eigenvalue weighted by Gasteiger charge is -2.15. The molecule has 5 aromatic rings. The van der Waals surface area contributed by atoms with Gasteiger partial charge in [0, 0.05) is 18.1 Å². The first-order valence-electron chi connectivity index (χ1n) is 11.0. The minimum absolute atomic E-state index is 0.324. The maximum Gasteiger partial charge on any atom is 0.280 e. The lowest BCUT2D eigenvalue weighted by Crippen LogP contribution is -2.34. The van der Waals surface area contributed by atoms with E-state index in [-0.39, 0.29) is 11.5 Å². The van der Waals surface area contributed by atoms with Crippen LogP contribution in [0, 0.1) is 13.8 Å². The van der Waals surface area contributed by atoms with E-state index in [1.807, 2.05) is 90.6 Å². The first kappa shape index (κ1) is 21.4. The molecular weight excluding hydrogens is 428 g/mol. The zero-order valence-corrected chi connectivity index (χ0v) is 19.1. The fourth-order valence-corrected chi connectivity index (χ4v) is 3.95. The third-order valence-corrected chi connectivity index (χ3v) is 5.80. The van der Waals surface area contributed by atoms with Gasteiger partial charge >= 0.3 is 0 Å². The molecule has 2 aromatic carbocycles. The van der Waals surface area contributed by atoms with Crippen molar-refractivity contribution >= 4 is 22.5 Å². The molecule has 0 aliphatic rings. The monoisotopic (exact) mass is 452 g/mol. The molecule has 0 radical (unpaired) electrons. The molecule has 8 nitrogen and oxygen atoms in total. The summed E-state index contributed by atoms with van der Waals surface area (Å²) in [7, 11) is 0. The number of nitrogens with one attached hydrogen (secondary N) is 1. The van der Waals surface area contributed by atoms with Crippen LogP contribution in [0.2, 0.25) is 0 Å². The van der Waals surface area contributed by atoms with Crippen molar-refractivity contribution in [3.8, 4) is 11.5 Å². The van der Waals surface area contributed by atoms with Crippen LogP contribution < -0.4 is 10.9 Å². The van der Waals surface area contributed by atoms with E-state index in [1.54, 1.807) is 18.5 Å². The standard InChI is InChI=1S/C26H24N6O2/c1-17-11-13-20(14-12-17)27-24(33)19(3)31-26(34)22-23(18(2)28-31)29-32(21-9-5-4-6-10-21)25(22)30-15-7-8-16-30/h4-16,19H,1-3H3,(H,27,33). The molecule has 0 saturated heterocycles. The van der Waals surface area contributed by atoms with Crippen molar-refractivity contribution in [2.24, 2.45) is 0 Å². The Morgan fingerprint density at radius 1 is 0.912 bits per heavy atom. The Labute approximate surface area is 196 Å². The highest BCUT2D eigenvalue weighted by atomic mass is 16.2. The molecule has 3 aromatic heterocycles. The summed E-state index contributed by atoms with van der Waals surface area (Å²) in [5.74, 6) is 0.275. The number of nitrogens with zero attached hydrogens (tertiary/aromatic N) is 5. The highest BCUT2D eigenvalue weighted by Gasteiger charge is 2.25. The number of hydrogen-bond acceptors (Lipinski definition) is 4. The number of carbonyl (C=O) groups is 1. The van der Waals surface area contributed by atoms with Crippen molar-refractivity contribution in [1.29, 1.82) is 0 Å². The fourth-order valence-electron chi connectivity index (χ4n) is 3.95. The van der Waals surface area contributed by atoms with Gasteiger partial charge in [-0.05, 0) is 57.2 Å². The molecule has 0 bridgehead atoms. The zero-order valence-electron chi connectivity index (χ0n) is 19.1. The summed E-state index contributed by atoms with van der Waals surface area (Å²) < 4.78 is 4.83. The van der Waals surface area contributed by atoms with Crippen LogP contribution in [0.1, 0.15) is 24.2 Å². The van der Waals surface area contributed by atoms with Gasteiger partial charge in [0.2, 0.25) is 5.91 Å². The average Bonchev–Trinajstić information content (AvgIpc) is 3.51. The van der Waals surface area contributed by atoms with E-state index in [0.29, 0.717) is 28.1 Å². The van der Waals surface area contributed by atoms with E-state index in [1.165, 1.54) is 4.68 Å². The number of anilines is 1. The highest BCUT2D eigenvalue weighted by Crippen LogP contribution is 2.25. The van der Waals surface area contributed by atoms with E-state index in [2.05, 4.69) is 10.4 Å². The van der Waals surface area contributed by atoms with Crippen LogP contribution in [0.15, 0.2) is 83.9 Å². The molecule has 5 rings (SSSR count). The van der Waals surface area contributed by atoms with E-state index in [0.717, 1.165) is 11.3 Å². The van der Waals surface area contributed by atoms with Crippen molar-refractivity contribution in [3.05, 3.63) is 101 Å². The quantitative estimate of drug-likeness (QED) is 0.433. The Bertz CT molecular complexity index is 1530. The summed E-state index contributed by atoms with van der Waals surface area (Å²) in [5, 5.41) is 12.5. The van der Waals surface area contributed by atoms with Crippen LogP contribution in [0.5, 0.6) is 0 Å². The highest BCUT2D eigenvalue weighted by molar-refractivity contribution is 5.94. The maximum atomic E-state index is 13.7. The maximum absolute atomic E-state index is 13.7. The zero-order chi connectivity index (χ0) is 23.8. The van der Waals surface area contributed by atoms with Crippen molar-refractivity contribution < 1.29 is 4.79 Å². The molecule has 0 spiro atoms. The van der Waals surface area contributed by atoms with Crippen molar-refractivity contribution in [3.63, 3.8) is 0 Å². The van der Waals surface area contributed by atoms with Crippen LogP contribution in [0.25, 0.3) is 22.4 Å². The van der Waals surface area contributed by atoms with E-state index in [9.17, 15) is 9.59 Å². The predicted molar refractivity (Wildman–Crippen MR) is 132 cm³/mol. The Morgan fingerprint density at radius 2 is 1.59 bits per heavy atom. The number of para-hydroxylation sites is 1. The predicted octanol–water partition coefficient (Wildman–Crippen LogP) is 4.19. The third-order valence-electron chi connectivity index (χ3n) is 5.80. The lowest BCUT2D eigenvalue weighted by molar-refractivity contribution is -0.119.